The van der Waals surface area contributed by atoms with Crippen LogP contribution in [0.2, 0.25) is 0 Å². The van der Waals surface area contributed by atoms with Crippen LogP contribution >= 0.6 is 0 Å². The number of rotatable bonds is 4. The molecule has 2 aliphatic rings. The molecule has 2 aliphatic carbocycles. The van der Waals surface area contributed by atoms with E-state index in [2.05, 4.69) is 17.0 Å². The summed E-state index contributed by atoms with van der Waals surface area (Å²) in [5.74, 6) is 2.89. The lowest BCUT2D eigenvalue weighted by Crippen LogP contribution is -2.38. The predicted octanol–water partition coefficient (Wildman–Crippen LogP) is 1.61. The molecule has 2 bridgehead atoms. The highest BCUT2D eigenvalue weighted by molar-refractivity contribution is 5.06. The summed E-state index contributed by atoms with van der Waals surface area (Å²) in [5, 5.41) is 4.27. The summed E-state index contributed by atoms with van der Waals surface area (Å²) < 4.78 is 2.02. The van der Waals surface area contributed by atoms with Crippen molar-refractivity contribution in [2.24, 2.45) is 23.0 Å². The standard InChI is InChI=1S/C13H22N4/c1-2-17-12(15-9-16-17)7-13(8-14)6-10-3-4-11(13)5-10/h9-11H,2-8,14H2,1H3. The maximum atomic E-state index is 6.11. The quantitative estimate of drug-likeness (QED) is 0.861. The van der Waals surface area contributed by atoms with Crippen LogP contribution in [-0.4, -0.2) is 21.3 Å². The molecule has 2 N–H and O–H groups in total. The van der Waals surface area contributed by atoms with Crippen molar-refractivity contribution in [2.75, 3.05) is 6.54 Å². The van der Waals surface area contributed by atoms with Gasteiger partial charge in [0.2, 0.25) is 0 Å². The van der Waals surface area contributed by atoms with Gasteiger partial charge in [0.25, 0.3) is 0 Å². The van der Waals surface area contributed by atoms with Crippen LogP contribution in [0.3, 0.4) is 0 Å². The zero-order chi connectivity index (χ0) is 11.9. The van der Waals surface area contributed by atoms with Gasteiger partial charge < -0.3 is 5.73 Å². The minimum atomic E-state index is 0.322. The van der Waals surface area contributed by atoms with Crippen LogP contribution in [0.4, 0.5) is 0 Å². The molecule has 0 aromatic carbocycles. The zero-order valence-corrected chi connectivity index (χ0v) is 10.6. The molecule has 0 amide bonds. The number of fused-ring (bicyclic) bond motifs is 2. The van der Waals surface area contributed by atoms with Gasteiger partial charge in [0.1, 0.15) is 12.2 Å². The Morgan fingerprint density at radius 1 is 1.53 bits per heavy atom. The van der Waals surface area contributed by atoms with Gasteiger partial charge in [-0.05, 0) is 50.0 Å². The number of aromatic nitrogens is 3. The molecule has 0 radical (unpaired) electrons. The topological polar surface area (TPSA) is 56.7 Å². The number of aryl methyl sites for hydroxylation is 1. The molecule has 0 saturated heterocycles. The molecule has 3 rings (SSSR count). The molecule has 4 heteroatoms. The molecule has 0 spiro atoms. The maximum Gasteiger partial charge on any atom is 0.138 e. The monoisotopic (exact) mass is 234 g/mol. The van der Waals surface area contributed by atoms with Crippen LogP contribution < -0.4 is 5.73 Å². The molecule has 94 valence electrons. The summed E-state index contributed by atoms with van der Waals surface area (Å²) in [5.41, 5.74) is 6.43. The number of hydrogen-bond acceptors (Lipinski definition) is 3. The van der Waals surface area contributed by atoms with E-state index < -0.39 is 0 Å². The third-order valence-corrected chi connectivity index (χ3v) is 5.01. The van der Waals surface area contributed by atoms with Crippen molar-refractivity contribution in [3.63, 3.8) is 0 Å². The van der Waals surface area contributed by atoms with E-state index in [0.29, 0.717) is 5.41 Å². The lowest BCUT2D eigenvalue weighted by Gasteiger charge is -2.36. The van der Waals surface area contributed by atoms with E-state index in [1.54, 1.807) is 6.33 Å². The fourth-order valence-electron chi connectivity index (χ4n) is 4.10. The third-order valence-electron chi connectivity index (χ3n) is 5.01. The van der Waals surface area contributed by atoms with Crippen LogP contribution in [0, 0.1) is 17.3 Å². The molecular weight excluding hydrogens is 212 g/mol. The second-order valence-electron chi connectivity index (χ2n) is 5.82. The van der Waals surface area contributed by atoms with Gasteiger partial charge in [0.15, 0.2) is 0 Å². The summed E-state index contributed by atoms with van der Waals surface area (Å²) in [6.45, 7) is 3.84. The fourth-order valence-corrected chi connectivity index (χ4v) is 4.10. The first-order valence-electron chi connectivity index (χ1n) is 6.84. The first-order chi connectivity index (χ1) is 8.27. The smallest absolute Gasteiger partial charge is 0.138 e. The van der Waals surface area contributed by atoms with Crippen molar-refractivity contribution in [3.8, 4) is 0 Å². The number of nitrogens with two attached hydrogens (primary N) is 1. The molecule has 4 nitrogen and oxygen atoms in total. The van der Waals surface area contributed by atoms with Crippen LogP contribution in [0.5, 0.6) is 0 Å². The van der Waals surface area contributed by atoms with Crippen LogP contribution in [-0.2, 0) is 13.0 Å². The Morgan fingerprint density at radius 2 is 2.41 bits per heavy atom. The SMILES string of the molecule is CCn1ncnc1CC1(CN)CC2CCC1C2. The third kappa shape index (κ3) is 1.69. The fraction of sp³-hybridized carbons (Fsp3) is 0.846. The first-order valence-corrected chi connectivity index (χ1v) is 6.84. The minimum Gasteiger partial charge on any atom is -0.330 e. The first kappa shape index (κ1) is 11.2. The van der Waals surface area contributed by atoms with E-state index in [9.17, 15) is 0 Å². The Labute approximate surface area is 103 Å². The second-order valence-corrected chi connectivity index (χ2v) is 5.82. The molecule has 0 aliphatic heterocycles. The molecule has 1 aromatic heterocycles. The Kier molecular flexibility index (Phi) is 2.69. The molecule has 3 atom stereocenters. The lowest BCUT2D eigenvalue weighted by molar-refractivity contribution is 0.166. The van der Waals surface area contributed by atoms with E-state index in [4.69, 9.17) is 5.73 Å². The number of nitrogens with zero attached hydrogens (tertiary/aromatic N) is 3. The van der Waals surface area contributed by atoms with Gasteiger partial charge in [0, 0.05) is 13.0 Å². The molecule has 1 heterocycles. The van der Waals surface area contributed by atoms with Crippen molar-refractivity contribution in [1.82, 2.24) is 14.8 Å². The summed E-state index contributed by atoms with van der Waals surface area (Å²) in [6.07, 6.45) is 8.21. The van der Waals surface area contributed by atoms with Crippen LogP contribution in [0.1, 0.15) is 38.4 Å². The second kappa shape index (κ2) is 4.09. The van der Waals surface area contributed by atoms with Crippen molar-refractivity contribution in [3.05, 3.63) is 12.2 Å². The van der Waals surface area contributed by atoms with E-state index in [0.717, 1.165) is 37.2 Å². The van der Waals surface area contributed by atoms with Gasteiger partial charge in [-0.3, -0.25) is 4.68 Å². The number of hydrogen-bond donors (Lipinski definition) is 1. The van der Waals surface area contributed by atoms with E-state index >= 15 is 0 Å². The van der Waals surface area contributed by atoms with Crippen LogP contribution in [0.25, 0.3) is 0 Å². The Hall–Kier alpha value is -0.900. The largest absolute Gasteiger partial charge is 0.330 e. The van der Waals surface area contributed by atoms with E-state index in [1.165, 1.54) is 25.7 Å². The van der Waals surface area contributed by atoms with Gasteiger partial charge in [-0.15, -0.1) is 0 Å². The van der Waals surface area contributed by atoms with E-state index in [-0.39, 0.29) is 0 Å². The maximum absolute atomic E-state index is 6.11. The highest BCUT2D eigenvalue weighted by atomic mass is 15.3. The average molecular weight is 234 g/mol. The molecular formula is C13H22N4. The summed E-state index contributed by atoms with van der Waals surface area (Å²) in [4.78, 5) is 4.42. The van der Waals surface area contributed by atoms with Gasteiger partial charge in [-0.25, -0.2) is 4.98 Å². The summed E-state index contributed by atoms with van der Waals surface area (Å²) >= 11 is 0. The molecule has 1 aromatic rings. The van der Waals surface area contributed by atoms with E-state index in [1.807, 2.05) is 4.68 Å². The molecule has 3 unspecified atom stereocenters. The Balaban J connectivity index is 1.83. The predicted molar refractivity (Wildman–Crippen MR) is 66.3 cm³/mol. The average Bonchev–Trinajstić information content (AvgIpc) is 3.03. The summed E-state index contributed by atoms with van der Waals surface area (Å²) in [6, 6.07) is 0. The summed E-state index contributed by atoms with van der Waals surface area (Å²) in [7, 11) is 0. The normalized spacial score (nSPS) is 35.6. The Morgan fingerprint density at radius 3 is 3.00 bits per heavy atom. The Bertz CT molecular complexity index is 400. The molecule has 17 heavy (non-hydrogen) atoms. The van der Waals surface area contributed by atoms with Crippen molar-refractivity contribution < 1.29 is 0 Å². The van der Waals surface area contributed by atoms with Crippen LogP contribution in [0.15, 0.2) is 6.33 Å². The molecule has 2 saturated carbocycles. The molecule has 2 fully saturated rings. The van der Waals surface area contributed by atoms with Gasteiger partial charge >= 0.3 is 0 Å². The van der Waals surface area contributed by atoms with Gasteiger partial charge in [0.05, 0.1) is 0 Å². The van der Waals surface area contributed by atoms with Gasteiger partial charge in [-0.2, -0.15) is 5.10 Å². The lowest BCUT2D eigenvalue weighted by atomic mass is 9.70. The highest BCUT2D eigenvalue weighted by Gasteiger charge is 2.50. The van der Waals surface area contributed by atoms with Crippen molar-refractivity contribution >= 4 is 0 Å². The van der Waals surface area contributed by atoms with Gasteiger partial charge in [-0.1, -0.05) is 6.42 Å². The van der Waals surface area contributed by atoms with Crippen molar-refractivity contribution in [2.45, 2.75) is 45.6 Å². The zero-order valence-electron chi connectivity index (χ0n) is 10.6. The highest BCUT2D eigenvalue weighted by Crippen LogP contribution is 2.56. The minimum absolute atomic E-state index is 0.322. The van der Waals surface area contributed by atoms with Crippen molar-refractivity contribution in [1.29, 1.82) is 0 Å².